The molecule has 1 saturated carbocycles. The molecule has 0 radical (unpaired) electrons. The minimum Gasteiger partial charge on any atom is -0.404 e. The monoisotopic (exact) mass is 267 g/mol. The normalized spacial score (nSPS) is 26.8. The van der Waals surface area contributed by atoms with E-state index in [-0.39, 0.29) is 6.23 Å². The lowest BCUT2D eigenvalue weighted by atomic mass is 9.82. The fourth-order valence-electron chi connectivity index (χ4n) is 2.55. The maximum Gasteiger partial charge on any atom is 0.148 e. The minimum absolute atomic E-state index is 0.0317. The molecule has 1 rings (SSSR count). The van der Waals surface area contributed by atoms with E-state index in [0.717, 1.165) is 44.1 Å². The molecule has 1 unspecified atom stereocenters. The first-order valence-electron chi connectivity index (χ1n) is 7.53. The summed E-state index contributed by atoms with van der Waals surface area (Å²) in [6.45, 7) is 4.84. The SMILES string of the molecule is CCCC(/N=C/C(=C\N)C1CCC(N)CC1)OCC. The summed E-state index contributed by atoms with van der Waals surface area (Å²) in [7, 11) is 0. The Labute approximate surface area is 117 Å². The standard InChI is InChI=1S/C15H29N3O/c1-3-5-15(19-4-2)18-11-13(10-16)12-6-8-14(17)9-7-12/h10-12,14-15H,3-9,16-17H2,1-2H3/b13-10+,18-11+. The van der Waals surface area contributed by atoms with Gasteiger partial charge < -0.3 is 16.2 Å². The zero-order valence-corrected chi connectivity index (χ0v) is 12.3. The molecule has 4 nitrogen and oxygen atoms in total. The molecule has 0 heterocycles. The van der Waals surface area contributed by atoms with Crippen LogP contribution in [0.2, 0.25) is 0 Å². The van der Waals surface area contributed by atoms with E-state index in [4.69, 9.17) is 16.2 Å². The van der Waals surface area contributed by atoms with E-state index in [1.165, 1.54) is 0 Å². The van der Waals surface area contributed by atoms with Gasteiger partial charge in [0.05, 0.1) is 0 Å². The Morgan fingerprint density at radius 1 is 1.32 bits per heavy atom. The molecule has 0 aromatic carbocycles. The first-order valence-corrected chi connectivity index (χ1v) is 7.53. The van der Waals surface area contributed by atoms with Gasteiger partial charge in [0.25, 0.3) is 0 Å². The second-order valence-corrected chi connectivity index (χ2v) is 5.26. The van der Waals surface area contributed by atoms with E-state index in [1.54, 1.807) is 6.20 Å². The van der Waals surface area contributed by atoms with Crippen molar-refractivity contribution < 1.29 is 4.74 Å². The van der Waals surface area contributed by atoms with Crippen LogP contribution in [0, 0.1) is 5.92 Å². The Kier molecular flexibility index (Phi) is 7.75. The Bertz CT molecular complexity index is 288. The number of hydrogen-bond donors (Lipinski definition) is 2. The van der Waals surface area contributed by atoms with Crippen molar-refractivity contribution in [2.24, 2.45) is 22.4 Å². The van der Waals surface area contributed by atoms with Crippen LogP contribution >= 0.6 is 0 Å². The van der Waals surface area contributed by atoms with Gasteiger partial charge in [-0.2, -0.15) is 0 Å². The summed E-state index contributed by atoms with van der Waals surface area (Å²) in [5.74, 6) is 0.512. The van der Waals surface area contributed by atoms with Gasteiger partial charge in [0.2, 0.25) is 0 Å². The first kappa shape index (κ1) is 16.2. The second kappa shape index (κ2) is 9.10. The zero-order chi connectivity index (χ0) is 14.1. The molecule has 0 saturated heterocycles. The molecule has 4 heteroatoms. The van der Waals surface area contributed by atoms with Crippen molar-refractivity contribution in [1.82, 2.24) is 0 Å². The van der Waals surface area contributed by atoms with Crippen molar-refractivity contribution in [1.29, 1.82) is 0 Å². The molecular formula is C15H29N3O. The molecule has 19 heavy (non-hydrogen) atoms. The molecule has 0 bridgehead atoms. The maximum absolute atomic E-state index is 5.94. The lowest BCUT2D eigenvalue weighted by Crippen LogP contribution is -2.27. The summed E-state index contributed by atoms with van der Waals surface area (Å²) in [5.41, 5.74) is 12.8. The highest BCUT2D eigenvalue weighted by molar-refractivity contribution is 5.79. The van der Waals surface area contributed by atoms with Crippen molar-refractivity contribution in [2.45, 2.75) is 64.6 Å². The van der Waals surface area contributed by atoms with Crippen LogP contribution < -0.4 is 11.5 Å². The van der Waals surface area contributed by atoms with E-state index < -0.39 is 0 Å². The molecule has 4 N–H and O–H groups in total. The number of nitrogens with two attached hydrogens (primary N) is 2. The molecule has 0 amide bonds. The number of rotatable bonds is 7. The average Bonchev–Trinajstić information content (AvgIpc) is 2.41. The van der Waals surface area contributed by atoms with Gasteiger partial charge in [-0.15, -0.1) is 0 Å². The number of aliphatic imine (C=N–C) groups is 1. The van der Waals surface area contributed by atoms with Gasteiger partial charge in [-0.1, -0.05) is 13.3 Å². The molecule has 1 aliphatic carbocycles. The Balaban J connectivity index is 2.55. The molecule has 1 aliphatic rings. The highest BCUT2D eigenvalue weighted by Crippen LogP contribution is 2.28. The van der Waals surface area contributed by atoms with Crippen molar-refractivity contribution in [3.63, 3.8) is 0 Å². The Morgan fingerprint density at radius 3 is 2.53 bits per heavy atom. The summed E-state index contributed by atoms with van der Waals surface area (Å²) in [6, 6.07) is 0.364. The van der Waals surface area contributed by atoms with Crippen LogP contribution in [0.15, 0.2) is 16.8 Å². The molecule has 1 fully saturated rings. The van der Waals surface area contributed by atoms with Gasteiger partial charge in [-0.25, -0.2) is 0 Å². The van der Waals surface area contributed by atoms with Crippen LogP contribution in [0.25, 0.3) is 0 Å². The molecule has 110 valence electrons. The summed E-state index contributed by atoms with van der Waals surface area (Å²) in [4.78, 5) is 4.54. The van der Waals surface area contributed by atoms with Crippen molar-refractivity contribution in [3.05, 3.63) is 11.8 Å². The van der Waals surface area contributed by atoms with Crippen molar-refractivity contribution in [3.8, 4) is 0 Å². The summed E-state index contributed by atoms with van der Waals surface area (Å²) >= 11 is 0. The number of allylic oxidation sites excluding steroid dienone is 1. The number of nitrogens with zero attached hydrogens (tertiary/aromatic N) is 1. The predicted molar refractivity (Wildman–Crippen MR) is 81.0 cm³/mol. The third-order valence-electron chi connectivity index (χ3n) is 3.72. The largest absolute Gasteiger partial charge is 0.404 e. The van der Waals surface area contributed by atoms with Crippen LogP contribution in [0.4, 0.5) is 0 Å². The van der Waals surface area contributed by atoms with Gasteiger partial charge in [0.1, 0.15) is 6.23 Å². The van der Waals surface area contributed by atoms with Crippen LogP contribution in [-0.4, -0.2) is 25.1 Å². The van der Waals surface area contributed by atoms with Crippen molar-refractivity contribution in [2.75, 3.05) is 6.61 Å². The quantitative estimate of drug-likeness (QED) is 0.696. The second-order valence-electron chi connectivity index (χ2n) is 5.26. The summed E-state index contributed by atoms with van der Waals surface area (Å²) < 4.78 is 5.60. The lowest BCUT2D eigenvalue weighted by molar-refractivity contribution is 0.0633. The van der Waals surface area contributed by atoms with Crippen LogP contribution in [0.1, 0.15) is 52.4 Å². The Hall–Kier alpha value is -0.870. The fourth-order valence-corrected chi connectivity index (χ4v) is 2.55. The minimum atomic E-state index is -0.0317. The smallest absolute Gasteiger partial charge is 0.148 e. The van der Waals surface area contributed by atoms with Gasteiger partial charge in [-0.05, 0) is 56.7 Å². The molecule has 0 aromatic heterocycles. The van der Waals surface area contributed by atoms with E-state index in [1.807, 2.05) is 13.1 Å². The van der Waals surface area contributed by atoms with Gasteiger partial charge in [0, 0.05) is 18.9 Å². The molecule has 1 atom stereocenters. The molecule has 0 spiro atoms. The lowest BCUT2D eigenvalue weighted by Gasteiger charge is -2.26. The third-order valence-corrected chi connectivity index (χ3v) is 3.72. The van der Waals surface area contributed by atoms with Gasteiger partial charge >= 0.3 is 0 Å². The maximum atomic E-state index is 5.94. The number of hydrogen-bond acceptors (Lipinski definition) is 4. The summed E-state index contributed by atoms with van der Waals surface area (Å²) in [5, 5.41) is 0. The van der Waals surface area contributed by atoms with Crippen LogP contribution in [0.3, 0.4) is 0 Å². The van der Waals surface area contributed by atoms with Crippen molar-refractivity contribution >= 4 is 6.21 Å². The van der Waals surface area contributed by atoms with Gasteiger partial charge in [0.15, 0.2) is 0 Å². The van der Waals surface area contributed by atoms with E-state index in [0.29, 0.717) is 18.6 Å². The summed E-state index contributed by atoms with van der Waals surface area (Å²) in [6.07, 6.45) is 10.00. The van der Waals surface area contributed by atoms with E-state index in [9.17, 15) is 0 Å². The van der Waals surface area contributed by atoms with E-state index >= 15 is 0 Å². The fraction of sp³-hybridized carbons (Fsp3) is 0.800. The van der Waals surface area contributed by atoms with Crippen LogP contribution in [0.5, 0.6) is 0 Å². The predicted octanol–water partition coefficient (Wildman–Crippen LogP) is 2.58. The van der Waals surface area contributed by atoms with Crippen LogP contribution in [-0.2, 0) is 4.74 Å². The zero-order valence-electron chi connectivity index (χ0n) is 12.3. The number of ether oxygens (including phenoxy) is 1. The Morgan fingerprint density at radius 2 is 2.00 bits per heavy atom. The highest BCUT2D eigenvalue weighted by Gasteiger charge is 2.20. The highest BCUT2D eigenvalue weighted by atomic mass is 16.5. The van der Waals surface area contributed by atoms with E-state index in [2.05, 4.69) is 11.9 Å². The topological polar surface area (TPSA) is 73.6 Å². The van der Waals surface area contributed by atoms with Gasteiger partial charge in [-0.3, -0.25) is 4.99 Å². The first-order chi connectivity index (χ1) is 9.21. The molecule has 0 aromatic rings. The third kappa shape index (κ3) is 5.74. The average molecular weight is 267 g/mol. The molecule has 0 aliphatic heterocycles. The molecular weight excluding hydrogens is 238 g/mol.